The van der Waals surface area contributed by atoms with E-state index in [4.69, 9.17) is 20.3 Å². The van der Waals surface area contributed by atoms with Crippen LogP contribution in [0.5, 0.6) is 5.75 Å². The number of nitrogens with one attached hydrogen (secondary N) is 2. The maximum atomic E-state index is 13.2. The topological polar surface area (TPSA) is 127 Å². The Morgan fingerprint density at radius 3 is 2.68 bits per heavy atom. The smallest absolute Gasteiger partial charge is 0.433 e. The van der Waals surface area contributed by atoms with Crippen LogP contribution < -0.4 is 15.8 Å². The summed E-state index contributed by atoms with van der Waals surface area (Å²) in [6.07, 6.45) is -1.52. The summed E-state index contributed by atoms with van der Waals surface area (Å²) < 4.78 is 50.7. The zero-order valence-electron chi connectivity index (χ0n) is 18.6. The number of methoxy groups -OCH3 is 1. The van der Waals surface area contributed by atoms with Crippen LogP contribution in [0.25, 0.3) is 22.4 Å². The fourth-order valence-electron chi connectivity index (χ4n) is 4.02. The Morgan fingerprint density at radius 2 is 2.03 bits per heavy atom. The molecule has 11 heteroatoms. The highest BCUT2D eigenvalue weighted by atomic mass is 19.4. The van der Waals surface area contributed by atoms with E-state index in [1.165, 1.54) is 19.2 Å². The van der Waals surface area contributed by atoms with Crippen molar-refractivity contribution >= 4 is 22.5 Å². The molecule has 0 aliphatic heterocycles. The summed E-state index contributed by atoms with van der Waals surface area (Å²) >= 11 is 0. The molecule has 2 heterocycles. The van der Waals surface area contributed by atoms with Crippen molar-refractivity contribution in [2.24, 2.45) is 5.73 Å². The highest BCUT2D eigenvalue weighted by Gasteiger charge is 2.33. The highest BCUT2D eigenvalue weighted by Crippen LogP contribution is 2.37. The van der Waals surface area contributed by atoms with Crippen LogP contribution in [0.1, 0.15) is 60.6 Å². The van der Waals surface area contributed by atoms with Crippen LogP contribution in [0, 0.1) is 5.41 Å². The summed E-state index contributed by atoms with van der Waals surface area (Å²) in [6.45, 7) is 1.63. The Labute approximate surface area is 193 Å². The van der Waals surface area contributed by atoms with Gasteiger partial charge >= 0.3 is 6.18 Å². The van der Waals surface area contributed by atoms with Gasteiger partial charge < -0.3 is 25.6 Å². The number of nitrogens with two attached hydrogens (primary N) is 1. The largest absolute Gasteiger partial charge is 0.494 e. The minimum atomic E-state index is -4.63. The maximum absolute atomic E-state index is 13.2. The lowest BCUT2D eigenvalue weighted by Crippen LogP contribution is -2.42. The summed E-state index contributed by atoms with van der Waals surface area (Å²) in [5.74, 6) is -0.212. The predicted molar refractivity (Wildman–Crippen MR) is 119 cm³/mol. The second-order valence-corrected chi connectivity index (χ2v) is 8.22. The number of pyridine rings is 1. The number of carbonyl (C=O) groups excluding carboxylic acids is 1. The number of oxazole rings is 1. The van der Waals surface area contributed by atoms with Gasteiger partial charge in [-0.2, -0.15) is 13.2 Å². The molecule has 34 heavy (non-hydrogen) atoms. The zero-order chi connectivity index (χ0) is 24.6. The van der Waals surface area contributed by atoms with Crippen molar-refractivity contribution in [1.29, 1.82) is 5.41 Å². The van der Waals surface area contributed by atoms with Gasteiger partial charge in [-0.1, -0.05) is 6.42 Å². The molecule has 3 aromatic rings. The quantitative estimate of drug-likeness (QED) is 0.494. The Bertz CT molecular complexity index is 1250. The van der Waals surface area contributed by atoms with E-state index in [1.807, 2.05) is 0 Å². The summed E-state index contributed by atoms with van der Waals surface area (Å²) in [5, 5.41) is 11.2. The molecule has 1 aliphatic carbocycles. The minimum Gasteiger partial charge on any atom is -0.494 e. The first-order valence-electron chi connectivity index (χ1n) is 10.8. The van der Waals surface area contributed by atoms with Crippen LogP contribution in [0.4, 0.5) is 13.2 Å². The van der Waals surface area contributed by atoms with Crippen LogP contribution >= 0.6 is 0 Å². The van der Waals surface area contributed by atoms with Gasteiger partial charge in [-0.25, -0.2) is 9.97 Å². The SMILES string of the molecule is COc1ccc(-c2nc(C(=O)NC3CCCCC3=N)c([C@H](C)N)o2)c2ccc(C(F)(F)F)nc12. The van der Waals surface area contributed by atoms with Gasteiger partial charge in [-0.3, -0.25) is 4.79 Å². The predicted octanol–water partition coefficient (Wildman–Crippen LogP) is 4.63. The minimum absolute atomic E-state index is 0.0166. The molecule has 0 saturated heterocycles. The molecule has 1 fully saturated rings. The summed E-state index contributed by atoms with van der Waals surface area (Å²) in [6, 6.07) is 4.11. The third-order valence-corrected chi connectivity index (χ3v) is 5.76. The standard InChI is InChI=1S/C23H24F3N5O3/c1-11(27)20-19(21(32)29-15-6-4-3-5-14(15)28)31-22(34-20)13-7-9-16(33-2)18-12(13)8-10-17(30-18)23(24,25)26/h7-11,15,28H,3-6,27H2,1-2H3,(H,29,32)/t11-,15?/m0/s1. The molecule has 1 unspecified atom stereocenters. The molecule has 0 bridgehead atoms. The van der Waals surface area contributed by atoms with Crippen molar-refractivity contribution in [1.82, 2.24) is 15.3 Å². The van der Waals surface area contributed by atoms with Gasteiger partial charge in [0.2, 0.25) is 5.89 Å². The second-order valence-electron chi connectivity index (χ2n) is 8.22. The average molecular weight is 475 g/mol. The number of nitrogens with zero attached hydrogens (tertiary/aromatic N) is 2. The molecule has 0 radical (unpaired) electrons. The number of hydrogen-bond acceptors (Lipinski definition) is 7. The van der Waals surface area contributed by atoms with E-state index in [1.54, 1.807) is 13.0 Å². The van der Waals surface area contributed by atoms with Gasteiger partial charge in [0, 0.05) is 16.7 Å². The Hall–Kier alpha value is -3.47. The number of amides is 1. The van der Waals surface area contributed by atoms with Crippen LogP contribution in [0.2, 0.25) is 0 Å². The molecule has 1 aromatic carbocycles. The molecule has 1 saturated carbocycles. The van der Waals surface area contributed by atoms with E-state index >= 15 is 0 Å². The maximum Gasteiger partial charge on any atom is 0.433 e. The Balaban J connectivity index is 1.78. The van der Waals surface area contributed by atoms with Crippen LogP contribution in [-0.2, 0) is 6.18 Å². The molecular weight excluding hydrogens is 451 g/mol. The molecule has 8 nitrogen and oxygen atoms in total. The van der Waals surface area contributed by atoms with Crippen molar-refractivity contribution in [3.8, 4) is 17.2 Å². The summed E-state index contributed by atoms with van der Waals surface area (Å²) in [5.41, 5.74) is 5.71. The van der Waals surface area contributed by atoms with E-state index in [9.17, 15) is 18.0 Å². The van der Waals surface area contributed by atoms with Gasteiger partial charge in [-0.15, -0.1) is 0 Å². The van der Waals surface area contributed by atoms with E-state index < -0.39 is 23.8 Å². The molecule has 1 aliphatic rings. The third-order valence-electron chi connectivity index (χ3n) is 5.76. The van der Waals surface area contributed by atoms with Gasteiger partial charge in [0.05, 0.1) is 19.2 Å². The van der Waals surface area contributed by atoms with Crippen molar-refractivity contribution in [3.63, 3.8) is 0 Å². The zero-order valence-corrected chi connectivity index (χ0v) is 18.6. The molecule has 2 atom stereocenters. The molecule has 4 rings (SSSR count). The van der Waals surface area contributed by atoms with E-state index in [-0.39, 0.29) is 34.7 Å². The van der Waals surface area contributed by atoms with Crippen LogP contribution in [0.3, 0.4) is 0 Å². The number of rotatable bonds is 5. The first kappa shape index (κ1) is 23.7. The fourth-order valence-corrected chi connectivity index (χ4v) is 4.02. The number of benzene rings is 1. The lowest BCUT2D eigenvalue weighted by molar-refractivity contribution is -0.140. The number of hydrogen-bond donors (Lipinski definition) is 3. The number of halogens is 3. The first-order valence-corrected chi connectivity index (χ1v) is 10.8. The normalized spacial score (nSPS) is 17.6. The summed E-state index contributed by atoms with van der Waals surface area (Å²) in [7, 11) is 1.33. The second kappa shape index (κ2) is 9.05. The summed E-state index contributed by atoms with van der Waals surface area (Å²) in [4.78, 5) is 21.1. The number of fused-ring (bicyclic) bond motifs is 1. The fraction of sp³-hybridized carbons (Fsp3) is 0.391. The lowest BCUT2D eigenvalue weighted by Gasteiger charge is -2.23. The molecule has 1 amide bonds. The number of aromatic nitrogens is 2. The Kier molecular flexibility index (Phi) is 6.30. The first-order chi connectivity index (χ1) is 16.1. The van der Waals surface area contributed by atoms with Crippen molar-refractivity contribution in [2.45, 2.75) is 50.9 Å². The van der Waals surface area contributed by atoms with Gasteiger partial charge in [0.15, 0.2) is 11.5 Å². The molecule has 2 aromatic heterocycles. The van der Waals surface area contributed by atoms with Crippen LogP contribution in [-0.4, -0.2) is 34.7 Å². The van der Waals surface area contributed by atoms with Gasteiger partial charge in [0.25, 0.3) is 5.91 Å². The van der Waals surface area contributed by atoms with E-state index in [0.29, 0.717) is 29.5 Å². The van der Waals surface area contributed by atoms with E-state index in [0.717, 1.165) is 18.9 Å². The molecule has 4 N–H and O–H groups in total. The number of carbonyl (C=O) groups is 1. The average Bonchev–Trinajstić information content (AvgIpc) is 3.24. The molecule has 180 valence electrons. The number of ether oxygens (including phenoxy) is 1. The highest BCUT2D eigenvalue weighted by molar-refractivity contribution is 6.00. The third kappa shape index (κ3) is 4.47. The number of alkyl halides is 3. The van der Waals surface area contributed by atoms with E-state index in [2.05, 4.69) is 15.3 Å². The molecular formula is C23H24F3N5O3. The monoisotopic (exact) mass is 475 g/mol. The molecule has 0 spiro atoms. The van der Waals surface area contributed by atoms with Gasteiger partial charge in [-0.05, 0) is 50.5 Å². The lowest BCUT2D eigenvalue weighted by atomic mass is 9.93. The van der Waals surface area contributed by atoms with Crippen LogP contribution in [0.15, 0.2) is 28.7 Å². The van der Waals surface area contributed by atoms with Crippen molar-refractivity contribution in [3.05, 3.63) is 41.4 Å². The van der Waals surface area contributed by atoms with Gasteiger partial charge in [0.1, 0.15) is 17.0 Å². The van der Waals surface area contributed by atoms with Crippen molar-refractivity contribution < 1.29 is 27.1 Å². The van der Waals surface area contributed by atoms with Crippen molar-refractivity contribution in [2.75, 3.05) is 7.11 Å². The Morgan fingerprint density at radius 1 is 1.26 bits per heavy atom.